The van der Waals surface area contributed by atoms with E-state index < -0.39 is 0 Å². The molecule has 13 heavy (non-hydrogen) atoms. The van der Waals surface area contributed by atoms with Crippen LogP contribution >= 0.6 is 0 Å². The van der Waals surface area contributed by atoms with Crippen LogP contribution in [0.1, 0.15) is 18.4 Å². The summed E-state index contributed by atoms with van der Waals surface area (Å²) in [6.07, 6.45) is 4.08. The predicted molar refractivity (Wildman–Crippen MR) is 47.2 cm³/mol. The molecule has 1 aromatic heterocycles. The van der Waals surface area contributed by atoms with Crippen LogP contribution in [0.25, 0.3) is 0 Å². The second-order valence-corrected chi connectivity index (χ2v) is 3.25. The molecule has 0 amide bonds. The van der Waals surface area contributed by atoms with E-state index in [2.05, 4.69) is 4.98 Å². The van der Waals surface area contributed by atoms with Crippen molar-refractivity contribution in [1.82, 2.24) is 4.98 Å². The molecule has 0 aromatic carbocycles. The van der Waals surface area contributed by atoms with Gasteiger partial charge in [-0.15, -0.1) is 0 Å². The number of ether oxygens (including phenoxy) is 1. The second-order valence-electron chi connectivity index (χ2n) is 3.25. The monoisotopic (exact) mass is 174 g/mol. The average Bonchev–Trinajstić information content (AvgIpc) is 2.99. The zero-order chi connectivity index (χ0) is 9.10. The van der Waals surface area contributed by atoms with Crippen molar-refractivity contribution in [3.05, 3.63) is 23.9 Å². The maximum atomic E-state index is 8.53. The maximum Gasteiger partial charge on any atom is 0.213 e. The van der Waals surface area contributed by atoms with E-state index in [1.54, 1.807) is 12.1 Å². The van der Waals surface area contributed by atoms with Gasteiger partial charge in [0.05, 0.1) is 12.2 Å². The molecule has 1 heterocycles. The van der Waals surface area contributed by atoms with Crippen LogP contribution in [0.2, 0.25) is 0 Å². The maximum absolute atomic E-state index is 8.53. The van der Waals surface area contributed by atoms with Crippen molar-refractivity contribution in [1.29, 1.82) is 5.26 Å². The van der Waals surface area contributed by atoms with Crippen molar-refractivity contribution < 1.29 is 4.74 Å². The number of aromatic nitrogens is 1. The van der Waals surface area contributed by atoms with Crippen LogP contribution in [0.5, 0.6) is 5.88 Å². The molecular formula is C10H10N2O. The van der Waals surface area contributed by atoms with Crippen molar-refractivity contribution in [2.24, 2.45) is 5.92 Å². The molecule has 0 saturated heterocycles. The van der Waals surface area contributed by atoms with Gasteiger partial charge in [-0.2, -0.15) is 5.26 Å². The Morgan fingerprint density at radius 2 is 2.38 bits per heavy atom. The standard InChI is InChI=1S/C10H10N2O/c11-5-9-3-4-10(12-6-9)13-7-8-1-2-8/h3-4,6,8H,1-2,7H2. The highest BCUT2D eigenvalue weighted by Gasteiger charge is 2.21. The quantitative estimate of drug-likeness (QED) is 0.701. The Morgan fingerprint density at radius 3 is 2.92 bits per heavy atom. The van der Waals surface area contributed by atoms with Crippen molar-refractivity contribution >= 4 is 0 Å². The van der Waals surface area contributed by atoms with E-state index in [-0.39, 0.29) is 0 Å². The number of pyridine rings is 1. The molecule has 2 rings (SSSR count). The van der Waals surface area contributed by atoms with Gasteiger partial charge in [-0.3, -0.25) is 0 Å². The lowest BCUT2D eigenvalue weighted by Crippen LogP contribution is -2.00. The summed E-state index contributed by atoms with van der Waals surface area (Å²) in [5, 5.41) is 8.53. The van der Waals surface area contributed by atoms with Crippen molar-refractivity contribution in [2.75, 3.05) is 6.61 Å². The Kier molecular flexibility index (Phi) is 2.13. The zero-order valence-corrected chi connectivity index (χ0v) is 7.23. The van der Waals surface area contributed by atoms with Gasteiger partial charge >= 0.3 is 0 Å². The average molecular weight is 174 g/mol. The molecule has 1 aromatic rings. The Bertz CT molecular complexity index is 322. The molecule has 0 radical (unpaired) electrons. The van der Waals surface area contributed by atoms with Crippen LogP contribution < -0.4 is 4.74 Å². The Balaban J connectivity index is 1.93. The smallest absolute Gasteiger partial charge is 0.213 e. The van der Waals surface area contributed by atoms with Gasteiger partial charge in [0.1, 0.15) is 6.07 Å². The SMILES string of the molecule is N#Cc1ccc(OCC2CC2)nc1. The molecular weight excluding hydrogens is 164 g/mol. The molecule has 0 N–H and O–H groups in total. The summed E-state index contributed by atoms with van der Waals surface area (Å²) in [5.74, 6) is 1.35. The summed E-state index contributed by atoms with van der Waals surface area (Å²) in [5.41, 5.74) is 0.568. The van der Waals surface area contributed by atoms with Crippen molar-refractivity contribution in [2.45, 2.75) is 12.8 Å². The normalized spacial score (nSPS) is 15.0. The minimum atomic E-state index is 0.568. The molecule has 0 spiro atoms. The van der Waals surface area contributed by atoms with Crippen LogP contribution in [0, 0.1) is 17.2 Å². The van der Waals surface area contributed by atoms with E-state index in [9.17, 15) is 0 Å². The molecule has 1 aliphatic carbocycles. The van der Waals surface area contributed by atoms with Crippen LogP contribution in [0.4, 0.5) is 0 Å². The lowest BCUT2D eigenvalue weighted by Gasteiger charge is -2.02. The third-order valence-corrected chi connectivity index (χ3v) is 2.03. The van der Waals surface area contributed by atoms with E-state index in [1.165, 1.54) is 19.0 Å². The van der Waals surface area contributed by atoms with Crippen LogP contribution in [-0.2, 0) is 0 Å². The van der Waals surface area contributed by atoms with E-state index in [1.807, 2.05) is 6.07 Å². The first-order valence-corrected chi connectivity index (χ1v) is 4.37. The Morgan fingerprint density at radius 1 is 1.54 bits per heavy atom. The number of nitrogens with zero attached hydrogens (tertiary/aromatic N) is 2. The van der Waals surface area contributed by atoms with Crippen molar-refractivity contribution in [3.8, 4) is 11.9 Å². The molecule has 0 unspecified atom stereocenters. The summed E-state index contributed by atoms with van der Waals surface area (Å²) in [6, 6.07) is 5.47. The third kappa shape index (κ3) is 2.19. The first-order valence-electron chi connectivity index (χ1n) is 4.37. The van der Waals surface area contributed by atoms with Crippen molar-refractivity contribution in [3.63, 3.8) is 0 Å². The Hall–Kier alpha value is -1.56. The molecule has 0 aliphatic heterocycles. The van der Waals surface area contributed by atoms with E-state index in [0.717, 1.165) is 12.5 Å². The fraction of sp³-hybridized carbons (Fsp3) is 0.400. The Labute approximate surface area is 77.0 Å². The van der Waals surface area contributed by atoms with E-state index >= 15 is 0 Å². The minimum absolute atomic E-state index is 0.568. The fourth-order valence-electron chi connectivity index (χ4n) is 1.02. The molecule has 1 aliphatic rings. The molecule has 0 atom stereocenters. The number of hydrogen-bond acceptors (Lipinski definition) is 3. The summed E-state index contributed by atoms with van der Waals surface area (Å²) < 4.78 is 5.41. The summed E-state index contributed by atoms with van der Waals surface area (Å²) >= 11 is 0. The minimum Gasteiger partial charge on any atom is -0.477 e. The summed E-state index contributed by atoms with van der Waals surface area (Å²) in [4.78, 5) is 4.00. The van der Waals surface area contributed by atoms with Crippen LogP contribution in [0.3, 0.4) is 0 Å². The molecule has 66 valence electrons. The van der Waals surface area contributed by atoms with Gasteiger partial charge in [0.15, 0.2) is 0 Å². The highest BCUT2D eigenvalue weighted by atomic mass is 16.5. The molecule has 1 saturated carbocycles. The fourth-order valence-corrected chi connectivity index (χ4v) is 1.02. The van der Waals surface area contributed by atoms with Crippen LogP contribution in [-0.4, -0.2) is 11.6 Å². The lowest BCUT2D eigenvalue weighted by molar-refractivity contribution is 0.288. The van der Waals surface area contributed by atoms with Gasteiger partial charge in [0, 0.05) is 12.3 Å². The number of nitriles is 1. The van der Waals surface area contributed by atoms with Gasteiger partial charge in [0.2, 0.25) is 5.88 Å². The van der Waals surface area contributed by atoms with Gasteiger partial charge in [-0.1, -0.05) is 0 Å². The predicted octanol–water partition coefficient (Wildman–Crippen LogP) is 1.74. The van der Waals surface area contributed by atoms with Gasteiger partial charge < -0.3 is 4.74 Å². The molecule has 1 fully saturated rings. The van der Waals surface area contributed by atoms with Gasteiger partial charge in [0.25, 0.3) is 0 Å². The summed E-state index contributed by atoms with van der Waals surface area (Å²) in [6.45, 7) is 0.763. The van der Waals surface area contributed by atoms with Crippen LogP contribution in [0.15, 0.2) is 18.3 Å². The molecule has 0 bridgehead atoms. The zero-order valence-electron chi connectivity index (χ0n) is 7.23. The highest BCUT2D eigenvalue weighted by molar-refractivity contribution is 5.28. The lowest BCUT2D eigenvalue weighted by atomic mass is 10.3. The first kappa shape index (κ1) is 8.06. The van der Waals surface area contributed by atoms with E-state index in [0.29, 0.717) is 11.4 Å². The largest absolute Gasteiger partial charge is 0.477 e. The molecule has 3 nitrogen and oxygen atoms in total. The topological polar surface area (TPSA) is 45.9 Å². The number of rotatable bonds is 3. The molecule has 3 heteroatoms. The van der Waals surface area contributed by atoms with E-state index in [4.69, 9.17) is 10.00 Å². The van der Waals surface area contributed by atoms with Gasteiger partial charge in [-0.25, -0.2) is 4.98 Å². The second kappa shape index (κ2) is 3.44. The first-order chi connectivity index (χ1) is 6.38. The summed E-state index contributed by atoms with van der Waals surface area (Å²) in [7, 11) is 0. The number of hydrogen-bond donors (Lipinski definition) is 0. The highest BCUT2D eigenvalue weighted by Crippen LogP contribution is 2.29. The van der Waals surface area contributed by atoms with Gasteiger partial charge in [-0.05, 0) is 24.8 Å². The third-order valence-electron chi connectivity index (χ3n) is 2.03.